The van der Waals surface area contributed by atoms with E-state index in [1.54, 1.807) is 18.2 Å². The first-order valence-corrected chi connectivity index (χ1v) is 6.26. The maximum Gasteiger partial charge on any atom is 0.249 e. The molecule has 2 rings (SSSR count). The minimum atomic E-state index is -0.460. The fourth-order valence-corrected chi connectivity index (χ4v) is 2.01. The van der Waals surface area contributed by atoms with Crippen molar-refractivity contribution in [1.29, 1.82) is 0 Å². The molecule has 1 atom stereocenters. The molecule has 104 valence electrons. The van der Waals surface area contributed by atoms with Crippen LogP contribution in [0.2, 0.25) is 0 Å². The van der Waals surface area contributed by atoms with E-state index in [1.165, 1.54) is 12.3 Å². The Labute approximate surface area is 116 Å². The van der Waals surface area contributed by atoms with Crippen LogP contribution in [0.25, 0.3) is 0 Å². The molecule has 2 aromatic rings. The number of carbonyl (C=O) groups excluding carboxylic acids is 1. The molecule has 1 unspecified atom stereocenters. The quantitative estimate of drug-likeness (QED) is 0.900. The van der Waals surface area contributed by atoms with Gasteiger partial charge in [0.05, 0.1) is 17.9 Å². The lowest BCUT2D eigenvalue weighted by atomic mass is 10.1. The molecule has 1 aromatic heterocycles. The number of hydrogen-bond acceptors (Lipinski definition) is 3. The van der Waals surface area contributed by atoms with E-state index in [0.717, 1.165) is 16.9 Å². The Morgan fingerprint density at radius 1 is 1.35 bits per heavy atom. The Morgan fingerprint density at radius 3 is 2.70 bits per heavy atom. The summed E-state index contributed by atoms with van der Waals surface area (Å²) in [5, 5.41) is 3.25. The lowest BCUT2D eigenvalue weighted by molar-refractivity contribution is 0.1000. The van der Waals surface area contributed by atoms with Gasteiger partial charge in [0.1, 0.15) is 5.82 Å². The van der Waals surface area contributed by atoms with E-state index in [2.05, 4.69) is 10.3 Å². The number of benzene rings is 1. The van der Waals surface area contributed by atoms with Crippen LogP contribution >= 0.6 is 0 Å². The van der Waals surface area contributed by atoms with E-state index in [0.29, 0.717) is 5.56 Å². The summed E-state index contributed by atoms with van der Waals surface area (Å²) in [6, 6.07) is 8.19. The zero-order chi connectivity index (χ0) is 14.7. The smallest absolute Gasteiger partial charge is 0.249 e. The summed E-state index contributed by atoms with van der Waals surface area (Å²) in [5.74, 6) is -0.827. The molecule has 4 nitrogen and oxygen atoms in total. The van der Waals surface area contributed by atoms with Crippen LogP contribution in [0.15, 0.2) is 36.5 Å². The molecular weight excluding hydrogens is 257 g/mol. The maximum atomic E-state index is 12.8. The van der Waals surface area contributed by atoms with Crippen LogP contribution < -0.4 is 11.1 Å². The fourth-order valence-electron chi connectivity index (χ4n) is 2.01. The molecule has 20 heavy (non-hydrogen) atoms. The van der Waals surface area contributed by atoms with Crippen LogP contribution in [-0.4, -0.2) is 10.9 Å². The number of nitrogens with zero attached hydrogens (tertiary/aromatic N) is 1. The van der Waals surface area contributed by atoms with Crippen molar-refractivity contribution in [3.8, 4) is 0 Å². The van der Waals surface area contributed by atoms with Crippen molar-refractivity contribution < 1.29 is 9.18 Å². The fraction of sp³-hybridized carbons (Fsp3) is 0.200. The molecule has 0 aliphatic heterocycles. The Kier molecular flexibility index (Phi) is 3.98. The number of carbonyl (C=O) groups is 1. The minimum Gasteiger partial charge on any atom is -0.377 e. The van der Waals surface area contributed by atoms with Crippen LogP contribution in [0.3, 0.4) is 0 Å². The second-order valence-electron chi connectivity index (χ2n) is 4.61. The third-order valence-electron chi connectivity index (χ3n) is 3.17. The SMILES string of the molecule is Cc1c(NC(C)c2ccc(F)cn2)cccc1C(N)=O. The number of amides is 1. The highest BCUT2D eigenvalue weighted by Crippen LogP contribution is 2.23. The van der Waals surface area contributed by atoms with E-state index in [-0.39, 0.29) is 11.9 Å². The lowest BCUT2D eigenvalue weighted by Gasteiger charge is -2.17. The predicted octanol–water partition coefficient (Wildman–Crippen LogP) is 2.80. The number of primary amides is 1. The maximum absolute atomic E-state index is 12.8. The third kappa shape index (κ3) is 2.93. The van der Waals surface area contributed by atoms with Crippen molar-refractivity contribution in [3.63, 3.8) is 0 Å². The Bertz CT molecular complexity index is 626. The molecule has 0 aliphatic carbocycles. The first kappa shape index (κ1) is 14.0. The zero-order valence-corrected chi connectivity index (χ0v) is 11.4. The molecule has 1 heterocycles. The number of nitrogens with one attached hydrogen (secondary N) is 1. The Morgan fingerprint density at radius 2 is 2.10 bits per heavy atom. The van der Waals surface area contributed by atoms with Gasteiger partial charge in [0.25, 0.3) is 0 Å². The lowest BCUT2D eigenvalue weighted by Crippen LogP contribution is -2.15. The highest BCUT2D eigenvalue weighted by atomic mass is 19.1. The van der Waals surface area contributed by atoms with Crippen LogP contribution in [0.4, 0.5) is 10.1 Å². The first-order valence-electron chi connectivity index (χ1n) is 6.26. The zero-order valence-electron chi connectivity index (χ0n) is 11.4. The Balaban J connectivity index is 2.23. The Hall–Kier alpha value is -2.43. The van der Waals surface area contributed by atoms with Gasteiger partial charge in [0.2, 0.25) is 5.91 Å². The van der Waals surface area contributed by atoms with Crippen molar-refractivity contribution in [2.24, 2.45) is 5.73 Å². The summed E-state index contributed by atoms with van der Waals surface area (Å²) < 4.78 is 12.8. The number of aromatic nitrogens is 1. The van der Waals surface area contributed by atoms with Gasteiger partial charge in [-0.1, -0.05) is 6.07 Å². The van der Waals surface area contributed by atoms with E-state index in [4.69, 9.17) is 5.73 Å². The molecule has 0 bridgehead atoms. The standard InChI is InChI=1S/C15H16FN3O/c1-9-12(15(17)20)4-3-5-13(9)19-10(2)14-7-6-11(16)8-18-14/h3-8,10,19H,1-2H3,(H2,17,20). The number of hydrogen-bond donors (Lipinski definition) is 2. The molecule has 0 spiro atoms. The molecule has 1 amide bonds. The normalized spacial score (nSPS) is 11.9. The molecule has 0 saturated heterocycles. The average molecular weight is 273 g/mol. The summed E-state index contributed by atoms with van der Waals surface area (Å²) in [6.45, 7) is 3.74. The van der Waals surface area contributed by atoms with Gasteiger partial charge in [0.15, 0.2) is 0 Å². The molecular formula is C15H16FN3O. The van der Waals surface area contributed by atoms with Crippen LogP contribution in [0.5, 0.6) is 0 Å². The van der Waals surface area contributed by atoms with Gasteiger partial charge in [-0.15, -0.1) is 0 Å². The number of nitrogens with two attached hydrogens (primary N) is 1. The minimum absolute atomic E-state index is 0.113. The third-order valence-corrected chi connectivity index (χ3v) is 3.17. The van der Waals surface area contributed by atoms with Crippen molar-refractivity contribution >= 4 is 11.6 Å². The van der Waals surface area contributed by atoms with Crippen molar-refractivity contribution in [1.82, 2.24) is 4.98 Å². The molecule has 0 aliphatic rings. The van der Waals surface area contributed by atoms with E-state index in [1.807, 2.05) is 19.9 Å². The predicted molar refractivity (Wildman–Crippen MR) is 75.9 cm³/mol. The van der Waals surface area contributed by atoms with Gasteiger partial charge in [-0.2, -0.15) is 0 Å². The molecule has 0 fully saturated rings. The highest BCUT2D eigenvalue weighted by Gasteiger charge is 2.12. The van der Waals surface area contributed by atoms with Crippen LogP contribution in [-0.2, 0) is 0 Å². The van der Waals surface area contributed by atoms with Gasteiger partial charge in [-0.05, 0) is 43.7 Å². The number of pyridine rings is 1. The van der Waals surface area contributed by atoms with Gasteiger partial charge in [-0.25, -0.2) is 4.39 Å². The largest absolute Gasteiger partial charge is 0.377 e. The summed E-state index contributed by atoms with van der Waals surface area (Å²) in [4.78, 5) is 15.3. The summed E-state index contributed by atoms with van der Waals surface area (Å²) >= 11 is 0. The van der Waals surface area contributed by atoms with Gasteiger partial charge in [-0.3, -0.25) is 9.78 Å². The van der Waals surface area contributed by atoms with Gasteiger partial charge < -0.3 is 11.1 Å². The first-order chi connectivity index (χ1) is 9.49. The second kappa shape index (κ2) is 5.69. The molecule has 3 N–H and O–H groups in total. The summed E-state index contributed by atoms with van der Waals surface area (Å²) in [5.41, 5.74) is 8.11. The van der Waals surface area contributed by atoms with Gasteiger partial charge in [0, 0.05) is 11.3 Å². The monoisotopic (exact) mass is 273 g/mol. The van der Waals surface area contributed by atoms with Crippen molar-refractivity contribution in [2.75, 3.05) is 5.32 Å². The van der Waals surface area contributed by atoms with Gasteiger partial charge >= 0.3 is 0 Å². The summed E-state index contributed by atoms with van der Waals surface area (Å²) in [7, 11) is 0. The topological polar surface area (TPSA) is 68.0 Å². The second-order valence-corrected chi connectivity index (χ2v) is 4.61. The average Bonchev–Trinajstić information content (AvgIpc) is 2.41. The van der Waals surface area contributed by atoms with E-state index in [9.17, 15) is 9.18 Å². The number of anilines is 1. The molecule has 0 radical (unpaired) electrons. The van der Waals surface area contributed by atoms with E-state index >= 15 is 0 Å². The van der Waals surface area contributed by atoms with Crippen LogP contribution in [0, 0.1) is 12.7 Å². The molecule has 0 saturated carbocycles. The number of halogens is 1. The highest BCUT2D eigenvalue weighted by molar-refractivity contribution is 5.95. The molecule has 1 aromatic carbocycles. The number of rotatable bonds is 4. The van der Waals surface area contributed by atoms with Crippen molar-refractivity contribution in [2.45, 2.75) is 19.9 Å². The molecule has 5 heteroatoms. The van der Waals surface area contributed by atoms with E-state index < -0.39 is 5.91 Å². The van der Waals surface area contributed by atoms with Crippen LogP contribution in [0.1, 0.15) is 34.6 Å². The summed E-state index contributed by atoms with van der Waals surface area (Å²) in [6.07, 6.45) is 1.18. The van der Waals surface area contributed by atoms with Crippen molar-refractivity contribution in [3.05, 3.63) is 59.2 Å².